The largest absolute Gasteiger partial charge is 0.573 e. The summed E-state index contributed by atoms with van der Waals surface area (Å²) in [7, 11) is 0. The van der Waals surface area contributed by atoms with Crippen LogP contribution < -0.4 is 9.64 Å². The summed E-state index contributed by atoms with van der Waals surface area (Å²) >= 11 is 12.3. The van der Waals surface area contributed by atoms with E-state index < -0.39 is 35.3 Å². The molecule has 5 nitrogen and oxygen atoms in total. The van der Waals surface area contributed by atoms with E-state index in [2.05, 4.69) is 4.74 Å². The lowest BCUT2D eigenvalue weighted by Gasteiger charge is -2.32. The highest BCUT2D eigenvalue weighted by Gasteiger charge is 2.61. The molecule has 3 aromatic rings. The molecule has 1 unspecified atom stereocenters. The summed E-state index contributed by atoms with van der Waals surface area (Å²) in [5, 5.41) is 9.66. The number of carbonyl (C=O) groups is 2. The topological polar surface area (TPSA) is 70.4 Å². The van der Waals surface area contributed by atoms with Gasteiger partial charge >= 0.3 is 6.36 Å². The Morgan fingerprint density at radius 2 is 1.50 bits per heavy atom. The first-order chi connectivity index (χ1) is 17.0. The molecule has 0 aliphatic carbocycles. The van der Waals surface area contributed by atoms with Crippen LogP contribution in [0.2, 0.25) is 10.0 Å². The first kappa shape index (κ1) is 25.5. The highest BCUT2D eigenvalue weighted by molar-refractivity contribution is 6.36. The highest BCUT2D eigenvalue weighted by atomic mass is 35.5. The van der Waals surface area contributed by atoms with Gasteiger partial charge in [0.05, 0.1) is 23.2 Å². The van der Waals surface area contributed by atoms with E-state index in [-0.39, 0.29) is 22.2 Å². The second kappa shape index (κ2) is 9.49. The van der Waals surface area contributed by atoms with Gasteiger partial charge in [-0.25, -0.2) is 4.90 Å². The van der Waals surface area contributed by atoms with Crippen molar-refractivity contribution in [2.24, 2.45) is 5.92 Å². The van der Waals surface area contributed by atoms with Crippen LogP contribution >= 0.6 is 23.2 Å². The lowest BCUT2D eigenvalue weighted by molar-refractivity contribution is -0.274. The lowest BCUT2D eigenvalue weighted by atomic mass is 9.66. The molecule has 1 fully saturated rings. The zero-order valence-electron chi connectivity index (χ0n) is 18.6. The number of ether oxygens (including phenoxy) is 1. The van der Waals surface area contributed by atoms with Crippen molar-refractivity contribution >= 4 is 40.7 Å². The Morgan fingerprint density at radius 3 is 1.97 bits per heavy atom. The van der Waals surface area contributed by atoms with E-state index in [0.29, 0.717) is 16.7 Å². The van der Waals surface area contributed by atoms with Gasteiger partial charge in [-0.3, -0.25) is 9.59 Å². The third-order valence-electron chi connectivity index (χ3n) is 6.11. The lowest BCUT2D eigenvalue weighted by Crippen LogP contribution is -2.42. The van der Waals surface area contributed by atoms with Gasteiger partial charge in [0, 0.05) is 10.0 Å². The van der Waals surface area contributed by atoms with Crippen LogP contribution in [0.25, 0.3) is 0 Å². The second-order valence-electron chi connectivity index (χ2n) is 8.14. The number of rotatable bonds is 5. The summed E-state index contributed by atoms with van der Waals surface area (Å²) in [5.41, 5.74) is -0.375. The number of halogens is 5. The first-order valence-corrected chi connectivity index (χ1v) is 11.5. The Hall–Kier alpha value is -3.54. The van der Waals surface area contributed by atoms with Crippen LogP contribution in [0.4, 0.5) is 18.9 Å². The Balaban J connectivity index is 1.95. The minimum absolute atomic E-state index is 0.175. The van der Waals surface area contributed by atoms with Gasteiger partial charge in [-0.2, -0.15) is 5.26 Å². The van der Waals surface area contributed by atoms with E-state index in [0.717, 1.165) is 17.0 Å². The number of amides is 2. The smallest absolute Gasteiger partial charge is 0.406 e. The quantitative estimate of drug-likeness (QED) is 0.345. The number of nitriles is 1. The Morgan fingerprint density at radius 1 is 0.972 bits per heavy atom. The van der Waals surface area contributed by atoms with Crippen LogP contribution in [0, 0.1) is 17.2 Å². The summed E-state index contributed by atoms with van der Waals surface area (Å²) in [4.78, 5) is 28.9. The number of hydrogen-bond acceptors (Lipinski definition) is 4. The normalized spacial score (nSPS) is 19.9. The number of carbonyl (C=O) groups excluding carboxylic acids is 2. The highest BCUT2D eigenvalue weighted by Crippen LogP contribution is 2.50. The molecule has 0 radical (unpaired) electrons. The molecule has 3 aromatic carbocycles. The molecule has 0 spiro atoms. The molecular formula is C26H17Cl2F3N2O3. The Bertz CT molecular complexity index is 1350. The summed E-state index contributed by atoms with van der Waals surface area (Å²) in [6.45, 7) is 1.74. The minimum atomic E-state index is -4.89. The van der Waals surface area contributed by atoms with Gasteiger partial charge in [0.1, 0.15) is 11.2 Å². The molecule has 184 valence electrons. The van der Waals surface area contributed by atoms with Crippen molar-refractivity contribution in [2.75, 3.05) is 4.90 Å². The molecule has 0 bridgehead atoms. The second-order valence-corrected chi connectivity index (χ2v) is 9.01. The molecule has 10 heteroatoms. The van der Waals surface area contributed by atoms with E-state index in [1.807, 2.05) is 6.07 Å². The van der Waals surface area contributed by atoms with Crippen molar-refractivity contribution < 1.29 is 27.5 Å². The number of nitrogens with zero attached hydrogens (tertiary/aromatic N) is 2. The van der Waals surface area contributed by atoms with Crippen molar-refractivity contribution in [1.29, 1.82) is 5.26 Å². The fourth-order valence-corrected chi connectivity index (χ4v) is 5.22. The van der Waals surface area contributed by atoms with Gasteiger partial charge in [0.25, 0.3) is 0 Å². The molecule has 36 heavy (non-hydrogen) atoms. The maximum absolute atomic E-state index is 14.2. The van der Waals surface area contributed by atoms with Crippen LogP contribution in [0.5, 0.6) is 5.75 Å². The van der Waals surface area contributed by atoms with E-state index in [1.54, 1.807) is 19.1 Å². The van der Waals surface area contributed by atoms with Crippen molar-refractivity contribution in [1.82, 2.24) is 0 Å². The van der Waals surface area contributed by atoms with Crippen molar-refractivity contribution in [2.45, 2.75) is 25.1 Å². The van der Waals surface area contributed by atoms with E-state index in [9.17, 15) is 28.0 Å². The maximum atomic E-state index is 14.2. The molecule has 1 heterocycles. The standard InChI is InChI=1S/C26H17Cl2F3N2O3/c1-2-22-23(34)33(20-12-18(27)11-19(28)13-20)24(35)25(22,16-5-3-15(14-32)4-6-16)17-7-9-21(10-8-17)36-26(29,30)31/h3-13,22H,2H2,1H3/t22?,25-/m1/s1. The predicted molar refractivity (Wildman–Crippen MR) is 128 cm³/mol. The molecule has 4 rings (SSSR count). The van der Waals surface area contributed by atoms with Gasteiger partial charge in [0.15, 0.2) is 0 Å². The summed E-state index contributed by atoms with van der Waals surface area (Å²) in [5.74, 6) is -2.51. The number of hydrogen-bond donors (Lipinski definition) is 0. The molecule has 1 aliphatic heterocycles. The van der Waals surface area contributed by atoms with Crippen LogP contribution in [0.1, 0.15) is 30.0 Å². The molecule has 2 atom stereocenters. The molecule has 1 aliphatic rings. The molecular weight excluding hydrogens is 516 g/mol. The zero-order chi connectivity index (χ0) is 26.3. The van der Waals surface area contributed by atoms with Crippen LogP contribution in [0.3, 0.4) is 0 Å². The average Bonchev–Trinajstić information content (AvgIpc) is 3.04. The molecule has 0 saturated carbocycles. The van der Waals surface area contributed by atoms with Crippen LogP contribution in [-0.2, 0) is 15.0 Å². The van der Waals surface area contributed by atoms with E-state index >= 15 is 0 Å². The summed E-state index contributed by atoms with van der Waals surface area (Å²) in [6, 6.07) is 17.4. The third-order valence-corrected chi connectivity index (χ3v) is 6.54. The molecule has 0 aromatic heterocycles. The molecule has 2 amide bonds. The summed E-state index contributed by atoms with van der Waals surface area (Å²) < 4.78 is 42.1. The zero-order valence-corrected chi connectivity index (χ0v) is 20.2. The van der Waals surface area contributed by atoms with Gasteiger partial charge in [-0.15, -0.1) is 13.2 Å². The van der Waals surface area contributed by atoms with Crippen LogP contribution in [-0.4, -0.2) is 18.2 Å². The van der Waals surface area contributed by atoms with Crippen molar-refractivity contribution in [3.8, 4) is 11.8 Å². The Labute approximate surface area is 214 Å². The fraction of sp³-hybridized carbons (Fsp3) is 0.192. The fourth-order valence-electron chi connectivity index (χ4n) is 4.70. The van der Waals surface area contributed by atoms with Gasteiger partial charge in [-0.05, 0) is 60.0 Å². The van der Waals surface area contributed by atoms with Crippen molar-refractivity contribution in [3.63, 3.8) is 0 Å². The molecule has 1 saturated heterocycles. The Kier molecular flexibility index (Phi) is 6.74. The summed E-state index contributed by atoms with van der Waals surface area (Å²) in [6.07, 6.45) is -4.66. The first-order valence-electron chi connectivity index (χ1n) is 10.7. The van der Waals surface area contributed by atoms with Crippen molar-refractivity contribution in [3.05, 3.63) is 93.5 Å². The number of imide groups is 1. The monoisotopic (exact) mass is 532 g/mol. The SMILES string of the molecule is CCC1C(=O)N(c2cc(Cl)cc(Cl)c2)C(=O)[C@]1(c1ccc(C#N)cc1)c1ccc(OC(F)(F)F)cc1. The van der Waals surface area contributed by atoms with E-state index in [1.165, 1.54) is 42.5 Å². The third kappa shape index (κ3) is 4.41. The number of alkyl halides is 3. The maximum Gasteiger partial charge on any atom is 0.573 e. The number of benzene rings is 3. The predicted octanol–water partition coefficient (Wildman–Crippen LogP) is 6.65. The van der Waals surface area contributed by atoms with Gasteiger partial charge < -0.3 is 4.74 Å². The number of anilines is 1. The minimum Gasteiger partial charge on any atom is -0.406 e. The molecule has 0 N–H and O–H groups in total. The van der Waals surface area contributed by atoms with Crippen LogP contribution in [0.15, 0.2) is 66.7 Å². The average molecular weight is 533 g/mol. The van der Waals surface area contributed by atoms with Gasteiger partial charge in [-0.1, -0.05) is 54.4 Å². The van der Waals surface area contributed by atoms with E-state index in [4.69, 9.17) is 23.2 Å². The van der Waals surface area contributed by atoms with Gasteiger partial charge in [0.2, 0.25) is 11.8 Å².